The summed E-state index contributed by atoms with van der Waals surface area (Å²) in [6.45, 7) is 3.45. The molecule has 1 aromatic heterocycles. The highest BCUT2D eigenvalue weighted by Crippen LogP contribution is 2.22. The Kier molecular flexibility index (Phi) is 4.95. The number of carbonyl (C=O) groups excluding carboxylic acids is 2. The SMILES string of the molecule is CC(C)[C@H](NC(=O)c1ccc(-c2ccc(C=O)o2)cc1)C(=O)O. The van der Waals surface area contributed by atoms with Gasteiger partial charge < -0.3 is 14.8 Å². The van der Waals surface area contributed by atoms with Crippen LogP contribution in [0.4, 0.5) is 0 Å². The lowest BCUT2D eigenvalue weighted by Crippen LogP contribution is -2.44. The molecule has 23 heavy (non-hydrogen) atoms. The van der Waals surface area contributed by atoms with Crippen LogP contribution in [0.25, 0.3) is 11.3 Å². The zero-order valence-electron chi connectivity index (χ0n) is 12.8. The number of aldehydes is 1. The summed E-state index contributed by atoms with van der Waals surface area (Å²) in [5.74, 6) is -0.999. The van der Waals surface area contributed by atoms with Crippen molar-refractivity contribution in [2.45, 2.75) is 19.9 Å². The Morgan fingerprint density at radius 2 is 1.78 bits per heavy atom. The Morgan fingerprint density at radius 1 is 1.13 bits per heavy atom. The molecule has 1 atom stereocenters. The lowest BCUT2D eigenvalue weighted by atomic mass is 10.0. The average molecular weight is 315 g/mol. The van der Waals surface area contributed by atoms with Gasteiger partial charge in [0, 0.05) is 11.1 Å². The first-order chi connectivity index (χ1) is 10.9. The largest absolute Gasteiger partial charge is 0.480 e. The second-order valence-corrected chi connectivity index (χ2v) is 5.43. The van der Waals surface area contributed by atoms with E-state index in [0.717, 1.165) is 0 Å². The van der Waals surface area contributed by atoms with Crippen molar-refractivity contribution in [3.63, 3.8) is 0 Å². The molecule has 120 valence electrons. The van der Waals surface area contributed by atoms with Crippen molar-refractivity contribution in [2.75, 3.05) is 0 Å². The number of benzene rings is 1. The van der Waals surface area contributed by atoms with Crippen LogP contribution in [-0.4, -0.2) is 29.3 Å². The van der Waals surface area contributed by atoms with Crippen LogP contribution in [0.3, 0.4) is 0 Å². The third-order valence-electron chi connectivity index (χ3n) is 3.39. The van der Waals surface area contributed by atoms with Gasteiger partial charge in [-0.15, -0.1) is 0 Å². The Morgan fingerprint density at radius 3 is 2.26 bits per heavy atom. The quantitative estimate of drug-likeness (QED) is 0.799. The number of rotatable bonds is 6. The number of carboxylic acids is 1. The van der Waals surface area contributed by atoms with Crippen LogP contribution >= 0.6 is 0 Å². The first kappa shape index (κ1) is 16.5. The number of nitrogens with one attached hydrogen (secondary N) is 1. The molecule has 0 aliphatic heterocycles. The molecular weight excluding hydrogens is 298 g/mol. The van der Waals surface area contributed by atoms with Crippen molar-refractivity contribution in [3.8, 4) is 11.3 Å². The van der Waals surface area contributed by atoms with Crippen molar-refractivity contribution >= 4 is 18.2 Å². The van der Waals surface area contributed by atoms with Crippen molar-refractivity contribution in [1.82, 2.24) is 5.32 Å². The second-order valence-electron chi connectivity index (χ2n) is 5.43. The molecule has 6 nitrogen and oxygen atoms in total. The molecule has 2 aromatic rings. The Hall–Kier alpha value is -2.89. The Balaban J connectivity index is 2.13. The van der Waals surface area contributed by atoms with Gasteiger partial charge in [0.15, 0.2) is 12.0 Å². The van der Waals surface area contributed by atoms with E-state index >= 15 is 0 Å². The van der Waals surface area contributed by atoms with Crippen molar-refractivity contribution in [3.05, 3.63) is 47.7 Å². The standard InChI is InChI=1S/C17H17NO5/c1-10(2)15(17(21)22)18-16(20)12-5-3-11(4-6-12)14-8-7-13(9-19)23-14/h3-10,15H,1-2H3,(H,18,20)(H,21,22)/t15-/m0/s1. The molecule has 0 unspecified atom stereocenters. The highest BCUT2D eigenvalue weighted by molar-refractivity contribution is 5.97. The number of amides is 1. The van der Waals surface area contributed by atoms with E-state index in [1.165, 1.54) is 0 Å². The molecule has 0 aliphatic rings. The van der Waals surface area contributed by atoms with E-state index in [0.29, 0.717) is 23.2 Å². The van der Waals surface area contributed by atoms with Gasteiger partial charge in [-0.2, -0.15) is 0 Å². The van der Waals surface area contributed by atoms with Crippen molar-refractivity contribution < 1.29 is 23.9 Å². The van der Waals surface area contributed by atoms with Crippen LogP contribution in [0.15, 0.2) is 40.8 Å². The topological polar surface area (TPSA) is 96.6 Å². The molecular formula is C17H17NO5. The predicted molar refractivity (Wildman–Crippen MR) is 83.3 cm³/mol. The molecule has 0 radical (unpaired) electrons. The third kappa shape index (κ3) is 3.85. The number of furan rings is 1. The number of hydrogen-bond acceptors (Lipinski definition) is 4. The van der Waals surface area contributed by atoms with Crippen LogP contribution in [-0.2, 0) is 4.79 Å². The molecule has 1 amide bonds. The summed E-state index contributed by atoms with van der Waals surface area (Å²) in [6.07, 6.45) is 0.614. The molecule has 0 spiro atoms. The summed E-state index contributed by atoms with van der Waals surface area (Å²) >= 11 is 0. The van der Waals surface area contributed by atoms with Crippen LogP contribution in [0.1, 0.15) is 34.8 Å². The number of aliphatic carboxylic acids is 1. The zero-order chi connectivity index (χ0) is 17.0. The molecule has 2 rings (SSSR count). The summed E-state index contributed by atoms with van der Waals surface area (Å²) in [4.78, 5) is 33.9. The molecule has 6 heteroatoms. The molecule has 0 fully saturated rings. The van der Waals surface area contributed by atoms with E-state index < -0.39 is 17.9 Å². The van der Waals surface area contributed by atoms with Gasteiger partial charge in [-0.05, 0) is 30.2 Å². The van der Waals surface area contributed by atoms with Gasteiger partial charge in [0.25, 0.3) is 5.91 Å². The fourth-order valence-corrected chi connectivity index (χ4v) is 2.10. The maximum Gasteiger partial charge on any atom is 0.326 e. The maximum absolute atomic E-state index is 12.1. The molecule has 0 saturated carbocycles. The molecule has 1 heterocycles. The molecule has 0 saturated heterocycles. The fraction of sp³-hybridized carbons (Fsp3) is 0.235. The van der Waals surface area contributed by atoms with E-state index in [9.17, 15) is 14.4 Å². The van der Waals surface area contributed by atoms with Gasteiger partial charge in [-0.3, -0.25) is 9.59 Å². The number of hydrogen-bond donors (Lipinski definition) is 2. The van der Waals surface area contributed by atoms with E-state index in [4.69, 9.17) is 9.52 Å². The fourth-order valence-electron chi connectivity index (χ4n) is 2.10. The Labute approximate surface area is 133 Å². The maximum atomic E-state index is 12.1. The summed E-state index contributed by atoms with van der Waals surface area (Å²) in [5, 5.41) is 11.6. The van der Waals surface area contributed by atoms with Crippen LogP contribution < -0.4 is 5.32 Å². The molecule has 1 aromatic carbocycles. The minimum absolute atomic E-state index is 0.222. The minimum Gasteiger partial charge on any atom is -0.480 e. The van der Waals surface area contributed by atoms with Gasteiger partial charge in [0.05, 0.1) is 0 Å². The Bertz CT molecular complexity index is 715. The van der Waals surface area contributed by atoms with E-state index in [2.05, 4.69) is 5.32 Å². The van der Waals surface area contributed by atoms with Crippen molar-refractivity contribution in [1.29, 1.82) is 0 Å². The van der Waals surface area contributed by atoms with Crippen LogP contribution in [0, 0.1) is 5.92 Å². The minimum atomic E-state index is -1.07. The van der Waals surface area contributed by atoms with Gasteiger partial charge in [0.1, 0.15) is 11.8 Å². The summed E-state index contributed by atoms with van der Waals surface area (Å²) < 4.78 is 5.30. The predicted octanol–water partition coefficient (Wildman–Crippen LogP) is 2.60. The first-order valence-electron chi connectivity index (χ1n) is 7.11. The van der Waals surface area contributed by atoms with E-state index in [1.54, 1.807) is 50.2 Å². The zero-order valence-corrected chi connectivity index (χ0v) is 12.8. The second kappa shape index (κ2) is 6.91. The normalized spacial score (nSPS) is 12.0. The molecule has 2 N–H and O–H groups in total. The third-order valence-corrected chi connectivity index (χ3v) is 3.39. The first-order valence-corrected chi connectivity index (χ1v) is 7.11. The summed E-state index contributed by atoms with van der Waals surface area (Å²) in [7, 11) is 0. The van der Waals surface area contributed by atoms with Gasteiger partial charge in [-0.25, -0.2) is 4.79 Å². The highest BCUT2D eigenvalue weighted by Gasteiger charge is 2.23. The number of carboxylic acid groups (broad SMARTS) is 1. The van der Waals surface area contributed by atoms with E-state index in [-0.39, 0.29) is 11.7 Å². The van der Waals surface area contributed by atoms with Gasteiger partial charge in [-0.1, -0.05) is 26.0 Å². The van der Waals surface area contributed by atoms with Crippen LogP contribution in [0.2, 0.25) is 0 Å². The monoisotopic (exact) mass is 315 g/mol. The highest BCUT2D eigenvalue weighted by atomic mass is 16.4. The lowest BCUT2D eigenvalue weighted by Gasteiger charge is -2.17. The van der Waals surface area contributed by atoms with Crippen molar-refractivity contribution in [2.24, 2.45) is 5.92 Å². The molecule has 0 aliphatic carbocycles. The van der Waals surface area contributed by atoms with E-state index in [1.807, 2.05) is 0 Å². The van der Waals surface area contributed by atoms with Gasteiger partial charge >= 0.3 is 5.97 Å². The molecule has 0 bridgehead atoms. The van der Waals surface area contributed by atoms with Gasteiger partial charge in [0.2, 0.25) is 0 Å². The average Bonchev–Trinajstić information content (AvgIpc) is 3.01. The summed E-state index contributed by atoms with van der Waals surface area (Å²) in [6, 6.07) is 8.78. The smallest absolute Gasteiger partial charge is 0.326 e. The number of carbonyl (C=O) groups is 3. The van der Waals surface area contributed by atoms with Crippen LogP contribution in [0.5, 0.6) is 0 Å². The lowest BCUT2D eigenvalue weighted by molar-refractivity contribution is -0.140. The summed E-state index contributed by atoms with van der Waals surface area (Å²) in [5.41, 5.74) is 1.07.